The molecule has 2 aromatic carbocycles. The smallest absolute Gasteiger partial charge is 0.245 e. The van der Waals surface area contributed by atoms with Crippen molar-refractivity contribution >= 4 is 11.9 Å². The van der Waals surface area contributed by atoms with Crippen molar-refractivity contribution in [2.24, 2.45) is 0 Å². The van der Waals surface area contributed by atoms with E-state index in [1.54, 1.807) is 12.1 Å². The topological polar surface area (TPSA) is 60.2 Å². The van der Waals surface area contributed by atoms with E-state index in [-0.39, 0.29) is 11.3 Å². The standard InChI is InChI=1S/C18H17NO3/c1-14(15-8-4-2-5-9-15)18(19(21)22)17(12-13-20)16-10-6-3-7-11-16/h2-11,13,17-18H,1,12H2/t17-,18+/m1/s1. The number of carbonyl (C=O) groups is 1. The van der Waals surface area contributed by atoms with Gasteiger partial charge in [-0.25, -0.2) is 0 Å². The van der Waals surface area contributed by atoms with E-state index < -0.39 is 12.0 Å². The lowest BCUT2D eigenvalue weighted by Crippen LogP contribution is -2.29. The highest BCUT2D eigenvalue weighted by Crippen LogP contribution is 2.32. The molecule has 2 atom stereocenters. The molecule has 0 aromatic heterocycles. The third-order valence-corrected chi connectivity index (χ3v) is 3.69. The number of benzene rings is 2. The molecule has 0 unspecified atom stereocenters. The van der Waals surface area contributed by atoms with Crippen LogP contribution in [0.15, 0.2) is 67.2 Å². The number of carbonyl (C=O) groups excluding carboxylic acids is 1. The van der Waals surface area contributed by atoms with E-state index in [9.17, 15) is 14.9 Å². The number of nitro groups is 1. The number of rotatable bonds is 7. The second kappa shape index (κ2) is 7.31. The molecule has 0 radical (unpaired) electrons. The summed E-state index contributed by atoms with van der Waals surface area (Å²) in [7, 11) is 0. The fraction of sp³-hybridized carbons (Fsp3) is 0.167. The zero-order valence-corrected chi connectivity index (χ0v) is 12.1. The lowest BCUT2D eigenvalue weighted by molar-refractivity contribution is -0.509. The fourth-order valence-corrected chi connectivity index (χ4v) is 2.59. The van der Waals surface area contributed by atoms with Crippen LogP contribution < -0.4 is 0 Å². The highest BCUT2D eigenvalue weighted by atomic mass is 16.6. The molecule has 0 fully saturated rings. The summed E-state index contributed by atoms with van der Waals surface area (Å²) in [5.41, 5.74) is 1.91. The van der Waals surface area contributed by atoms with E-state index in [4.69, 9.17) is 0 Å². The van der Waals surface area contributed by atoms with Crippen LogP contribution >= 0.6 is 0 Å². The Hall–Kier alpha value is -2.75. The van der Waals surface area contributed by atoms with Crippen LogP contribution in [0.1, 0.15) is 23.5 Å². The summed E-state index contributed by atoms with van der Waals surface area (Å²) >= 11 is 0. The fourth-order valence-electron chi connectivity index (χ4n) is 2.59. The lowest BCUT2D eigenvalue weighted by Gasteiger charge is -2.21. The van der Waals surface area contributed by atoms with Crippen LogP contribution in [0.25, 0.3) is 5.57 Å². The average molecular weight is 295 g/mol. The van der Waals surface area contributed by atoms with Gasteiger partial charge in [0.2, 0.25) is 6.04 Å². The van der Waals surface area contributed by atoms with Gasteiger partial charge >= 0.3 is 0 Å². The molecule has 0 aliphatic rings. The Morgan fingerprint density at radius 3 is 2.14 bits per heavy atom. The molecular weight excluding hydrogens is 278 g/mol. The molecule has 0 bridgehead atoms. The first-order valence-electron chi connectivity index (χ1n) is 7.01. The van der Waals surface area contributed by atoms with E-state index in [0.29, 0.717) is 5.57 Å². The number of hydrogen-bond donors (Lipinski definition) is 0. The average Bonchev–Trinajstić information content (AvgIpc) is 2.55. The van der Waals surface area contributed by atoms with Gasteiger partial charge in [-0.3, -0.25) is 10.1 Å². The van der Waals surface area contributed by atoms with Gasteiger partial charge in [0.15, 0.2) is 0 Å². The van der Waals surface area contributed by atoms with Crippen molar-refractivity contribution in [3.05, 3.63) is 88.5 Å². The molecule has 2 rings (SSSR count). The Balaban J connectivity index is 2.42. The van der Waals surface area contributed by atoms with E-state index >= 15 is 0 Å². The molecule has 2 aromatic rings. The van der Waals surface area contributed by atoms with Crippen molar-refractivity contribution in [3.8, 4) is 0 Å². The molecule has 0 aliphatic carbocycles. The SMILES string of the molecule is C=C(c1ccccc1)[C@@H]([C@H](CC=O)c1ccccc1)[N+](=O)[O-]. The van der Waals surface area contributed by atoms with E-state index in [0.717, 1.165) is 17.4 Å². The second-order valence-corrected chi connectivity index (χ2v) is 5.04. The van der Waals surface area contributed by atoms with Crippen molar-refractivity contribution in [3.63, 3.8) is 0 Å². The summed E-state index contributed by atoms with van der Waals surface area (Å²) in [5, 5.41) is 11.6. The molecule has 0 spiro atoms. The van der Waals surface area contributed by atoms with Crippen molar-refractivity contribution in [1.82, 2.24) is 0 Å². The molecule has 0 heterocycles. The van der Waals surface area contributed by atoms with Crippen LogP contribution in [0.2, 0.25) is 0 Å². The minimum atomic E-state index is -1.03. The zero-order chi connectivity index (χ0) is 15.9. The van der Waals surface area contributed by atoms with Gasteiger partial charge in [-0.2, -0.15) is 0 Å². The van der Waals surface area contributed by atoms with Crippen LogP contribution in [-0.2, 0) is 4.79 Å². The lowest BCUT2D eigenvalue weighted by atomic mass is 9.83. The van der Waals surface area contributed by atoms with Crippen LogP contribution in [0.5, 0.6) is 0 Å². The van der Waals surface area contributed by atoms with Gasteiger partial charge < -0.3 is 4.79 Å². The Labute approximate surface area is 129 Å². The highest BCUT2D eigenvalue weighted by Gasteiger charge is 2.35. The molecule has 4 heteroatoms. The molecular formula is C18H17NO3. The van der Waals surface area contributed by atoms with Gasteiger partial charge in [-0.05, 0) is 11.1 Å². The normalized spacial score (nSPS) is 13.1. The van der Waals surface area contributed by atoms with Gasteiger partial charge in [0.25, 0.3) is 0 Å². The van der Waals surface area contributed by atoms with Gasteiger partial charge in [-0.15, -0.1) is 0 Å². The zero-order valence-electron chi connectivity index (χ0n) is 12.1. The van der Waals surface area contributed by atoms with Gasteiger partial charge in [0.1, 0.15) is 6.29 Å². The summed E-state index contributed by atoms with van der Waals surface area (Å²) in [6.07, 6.45) is 0.813. The summed E-state index contributed by atoms with van der Waals surface area (Å²) in [4.78, 5) is 22.3. The second-order valence-electron chi connectivity index (χ2n) is 5.04. The molecule has 0 saturated heterocycles. The maximum Gasteiger partial charge on any atom is 0.245 e. The summed E-state index contributed by atoms with van der Waals surface area (Å²) in [5.74, 6) is -0.526. The van der Waals surface area contributed by atoms with Crippen LogP contribution in [-0.4, -0.2) is 17.3 Å². The predicted octanol–water partition coefficient (Wildman–Crippen LogP) is 3.72. The quantitative estimate of drug-likeness (QED) is 0.444. The minimum Gasteiger partial charge on any atom is -0.303 e. The van der Waals surface area contributed by atoms with Crippen molar-refractivity contribution in [2.75, 3.05) is 0 Å². The van der Waals surface area contributed by atoms with E-state index in [1.807, 2.05) is 48.5 Å². The maximum atomic E-state index is 11.6. The molecule has 0 aliphatic heterocycles. The van der Waals surface area contributed by atoms with Crippen molar-refractivity contribution in [1.29, 1.82) is 0 Å². The Morgan fingerprint density at radius 2 is 1.64 bits per heavy atom. The molecule has 0 N–H and O–H groups in total. The Kier molecular flexibility index (Phi) is 5.20. The van der Waals surface area contributed by atoms with Crippen LogP contribution in [0.4, 0.5) is 0 Å². The highest BCUT2D eigenvalue weighted by molar-refractivity contribution is 5.68. The van der Waals surface area contributed by atoms with E-state index in [2.05, 4.69) is 6.58 Å². The number of aldehydes is 1. The van der Waals surface area contributed by atoms with Crippen LogP contribution in [0, 0.1) is 10.1 Å². The van der Waals surface area contributed by atoms with Crippen molar-refractivity contribution in [2.45, 2.75) is 18.4 Å². The monoisotopic (exact) mass is 295 g/mol. The Bertz CT molecular complexity index is 653. The molecule has 22 heavy (non-hydrogen) atoms. The van der Waals surface area contributed by atoms with Gasteiger partial charge in [0.05, 0.1) is 5.92 Å². The third-order valence-electron chi connectivity index (χ3n) is 3.69. The minimum absolute atomic E-state index is 0.0848. The van der Waals surface area contributed by atoms with Gasteiger partial charge in [0, 0.05) is 16.9 Å². The maximum absolute atomic E-state index is 11.6. The summed E-state index contributed by atoms with van der Waals surface area (Å²) < 4.78 is 0. The molecule has 4 nitrogen and oxygen atoms in total. The third kappa shape index (κ3) is 3.47. The molecule has 112 valence electrons. The largest absolute Gasteiger partial charge is 0.303 e. The van der Waals surface area contributed by atoms with Crippen LogP contribution in [0.3, 0.4) is 0 Å². The number of hydrogen-bond acceptors (Lipinski definition) is 3. The van der Waals surface area contributed by atoms with Crippen molar-refractivity contribution < 1.29 is 9.72 Å². The molecule has 0 saturated carbocycles. The van der Waals surface area contributed by atoms with Gasteiger partial charge in [-0.1, -0.05) is 67.2 Å². The van der Waals surface area contributed by atoms with E-state index in [1.165, 1.54) is 0 Å². The predicted molar refractivity (Wildman–Crippen MR) is 86.1 cm³/mol. The molecule has 0 amide bonds. The first-order valence-corrected chi connectivity index (χ1v) is 7.01. The first kappa shape index (κ1) is 15.6. The Morgan fingerprint density at radius 1 is 1.09 bits per heavy atom. The summed E-state index contributed by atoms with van der Waals surface area (Å²) in [6, 6.07) is 17.1. The number of nitrogens with zero attached hydrogens (tertiary/aromatic N) is 1. The first-order chi connectivity index (χ1) is 10.6. The summed E-state index contributed by atoms with van der Waals surface area (Å²) in [6.45, 7) is 3.92.